The van der Waals surface area contributed by atoms with Gasteiger partial charge in [0.1, 0.15) is 11.5 Å². The lowest BCUT2D eigenvalue weighted by atomic mass is 10.1. The van der Waals surface area contributed by atoms with E-state index in [1.807, 2.05) is 12.2 Å². The van der Waals surface area contributed by atoms with Crippen LogP contribution in [0.1, 0.15) is 11.1 Å². The summed E-state index contributed by atoms with van der Waals surface area (Å²) >= 11 is 3.44. The van der Waals surface area contributed by atoms with Gasteiger partial charge in [-0.1, -0.05) is 18.2 Å². The molecule has 2 aromatic carbocycles. The van der Waals surface area contributed by atoms with Crippen LogP contribution in [0.2, 0.25) is 0 Å². The van der Waals surface area contributed by atoms with Crippen LogP contribution < -0.4 is 9.47 Å². The van der Waals surface area contributed by atoms with E-state index in [4.69, 9.17) is 9.47 Å². The van der Waals surface area contributed by atoms with Crippen molar-refractivity contribution in [1.82, 2.24) is 0 Å². The summed E-state index contributed by atoms with van der Waals surface area (Å²) in [5.74, 6) is 1.18. The van der Waals surface area contributed by atoms with Crippen LogP contribution in [-0.2, 0) is 0 Å². The second-order valence-electron chi connectivity index (χ2n) is 4.32. The molecule has 4 nitrogen and oxygen atoms in total. The molecule has 0 aliphatic heterocycles. The largest absolute Gasteiger partial charge is 0.508 e. The Morgan fingerprint density at radius 3 is 2.33 bits per heavy atom. The van der Waals surface area contributed by atoms with Crippen LogP contribution in [0.15, 0.2) is 34.8 Å². The fraction of sp³-hybridized carbons (Fsp3) is 0.125. The van der Waals surface area contributed by atoms with Crippen molar-refractivity contribution in [3.8, 4) is 23.0 Å². The van der Waals surface area contributed by atoms with E-state index >= 15 is 0 Å². The van der Waals surface area contributed by atoms with E-state index in [9.17, 15) is 10.2 Å². The lowest BCUT2D eigenvalue weighted by molar-refractivity contribution is 0.373. The standard InChI is InChI=1S/C16H15BrO4/c1-20-14-7-10(4-6-13(14)19)3-5-11-8-12(18)9-15(21-2)16(11)17/h3-9,18-19H,1-2H3. The van der Waals surface area contributed by atoms with Gasteiger partial charge in [-0.25, -0.2) is 0 Å². The Labute approximate surface area is 131 Å². The SMILES string of the molecule is COc1cc(C=Cc2cc(O)cc(OC)c2Br)ccc1O. The summed E-state index contributed by atoms with van der Waals surface area (Å²) in [4.78, 5) is 0. The number of ether oxygens (including phenoxy) is 2. The van der Waals surface area contributed by atoms with Gasteiger partial charge in [0.15, 0.2) is 11.5 Å². The molecule has 5 heteroatoms. The molecule has 0 amide bonds. The molecule has 0 unspecified atom stereocenters. The van der Waals surface area contributed by atoms with Gasteiger partial charge in [0.05, 0.1) is 18.7 Å². The summed E-state index contributed by atoms with van der Waals surface area (Å²) in [5, 5.41) is 19.2. The van der Waals surface area contributed by atoms with Crippen molar-refractivity contribution in [2.24, 2.45) is 0 Å². The van der Waals surface area contributed by atoms with Crippen molar-refractivity contribution < 1.29 is 19.7 Å². The Hall–Kier alpha value is -2.14. The molecule has 2 N–H and O–H groups in total. The summed E-state index contributed by atoms with van der Waals surface area (Å²) < 4.78 is 11.0. The zero-order valence-electron chi connectivity index (χ0n) is 11.6. The lowest BCUT2D eigenvalue weighted by Gasteiger charge is -2.07. The Bertz CT molecular complexity index is 680. The first-order valence-electron chi connectivity index (χ1n) is 6.16. The van der Waals surface area contributed by atoms with Crippen molar-refractivity contribution in [2.45, 2.75) is 0 Å². The highest BCUT2D eigenvalue weighted by Crippen LogP contribution is 2.34. The van der Waals surface area contributed by atoms with Gasteiger partial charge in [0.25, 0.3) is 0 Å². The zero-order chi connectivity index (χ0) is 15.4. The lowest BCUT2D eigenvalue weighted by Crippen LogP contribution is -1.87. The number of halogens is 1. The zero-order valence-corrected chi connectivity index (χ0v) is 13.2. The van der Waals surface area contributed by atoms with Crippen LogP contribution in [0.4, 0.5) is 0 Å². The number of methoxy groups -OCH3 is 2. The molecule has 2 aromatic rings. The van der Waals surface area contributed by atoms with E-state index in [1.165, 1.54) is 20.3 Å². The van der Waals surface area contributed by atoms with Crippen molar-refractivity contribution >= 4 is 28.1 Å². The predicted octanol–water partition coefficient (Wildman–Crippen LogP) is 4.05. The number of hydrogen-bond donors (Lipinski definition) is 2. The number of phenolic OH excluding ortho intramolecular Hbond substituents is 2. The van der Waals surface area contributed by atoms with Gasteiger partial charge < -0.3 is 19.7 Å². The molecule has 0 aromatic heterocycles. The second-order valence-corrected chi connectivity index (χ2v) is 5.11. The van der Waals surface area contributed by atoms with Crippen molar-refractivity contribution in [2.75, 3.05) is 14.2 Å². The predicted molar refractivity (Wildman–Crippen MR) is 85.9 cm³/mol. The summed E-state index contributed by atoms with van der Waals surface area (Å²) in [7, 11) is 3.04. The number of benzene rings is 2. The van der Waals surface area contributed by atoms with Gasteiger partial charge >= 0.3 is 0 Å². The highest BCUT2D eigenvalue weighted by molar-refractivity contribution is 9.10. The molecule has 0 aliphatic carbocycles. The minimum Gasteiger partial charge on any atom is -0.508 e. The molecule has 0 aliphatic rings. The smallest absolute Gasteiger partial charge is 0.161 e. The number of phenols is 2. The first-order valence-corrected chi connectivity index (χ1v) is 6.96. The highest BCUT2D eigenvalue weighted by Gasteiger charge is 2.07. The van der Waals surface area contributed by atoms with Crippen LogP contribution in [0.25, 0.3) is 12.2 Å². The monoisotopic (exact) mass is 350 g/mol. The normalized spacial score (nSPS) is 10.8. The first-order chi connectivity index (χ1) is 10.0. The Morgan fingerprint density at radius 1 is 0.952 bits per heavy atom. The molecular formula is C16H15BrO4. The fourth-order valence-electron chi connectivity index (χ4n) is 1.86. The van der Waals surface area contributed by atoms with E-state index in [0.717, 1.165) is 15.6 Å². The molecule has 0 saturated carbocycles. The molecule has 2 rings (SSSR count). The maximum atomic E-state index is 9.68. The summed E-state index contributed by atoms with van der Waals surface area (Å²) in [6, 6.07) is 8.21. The number of aromatic hydroxyl groups is 2. The van der Waals surface area contributed by atoms with Gasteiger partial charge in [-0.05, 0) is 45.3 Å². The molecule has 110 valence electrons. The van der Waals surface area contributed by atoms with E-state index < -0.39 is 0 Å². The second kappa shape index (κ2) is 6.54. The quantitative estimate of drug-likeness (QED) is 0.816. The van der Waals surface area contributed by atoms with Crippen molar-refractivity contribution in [1.29, 1.82) is 0 Å². The minimum atomic E-state index is 0.0925. The molecule has 0 atom stereocenters. The number of rotatable bonds is 4. The first kappa shape index (κ1) is 15.3. The van der Waals surface area contributed by atoms with E-state index in [-0.39, 0.29) is 11.5 Å². The maximum absolute atomic E-state index is 9.68. The average Bonchev–Trinajstić information content (AvgIpc) is 2.49. The topological polar surface area (TPSA) is 58.9 Å². The summed E-state index contributed by atoms with van der Waals surface area (Å²) in [6.07, 6.45) is 3.68. The minimum absolute atomic E-state index is 0.0925. The van der Waals surface area contributed by atoms with Crippen LogP contribution in [0, 0.1) is 0 Å². The Balaban J connectivity index is 2.35. The van der Waals surface area contributed by atoms with Gasteiger partial charge in [-0.3, -0.25) is 0 Å². The number of hydrogen-bond acceptors (Lipinski definition) is 4. The Morgan fingerprint density at radius 2 is 1.67 bits per heavy atom. The molecular weight excluding hydrogens is 336 g/mol. The molecule has 0 radical (unpaired) electrons. The summed E-state index contributed by atoms with van der Waals surface area (Å²) in [6.45, 7) is 0. The molecule has 0 spiro atoms. The third kappa shape index (κ3) is 3.49. The molecule has 0 fully saturated rings. The third-order valence-electron chi connectivity index (χ3n) is 2.93. The van der Waals surface area contributed by atoms with Gasteiger partial charge in [0, 0.05) is 6.07 Å². The molecule has 0 heterocycles. The highest BCUT2D eigenvalue weighted by atomic mass is 79.9. The molecule has 0 bridgehead atoms. The maximum Gasteiger partial charge on any atom is 0.161 e. The van der Waals surface area contributed by atoms with E-state index in [1.54, 1.807) is 24.3 Å². The summed E-state index contributed by atoms with van der Waals surface area (Å²) in [5.41, 5.74) is 1.64. The van der Waals surface area contributed by atoms with E-state index in [2.05, 4.69) is 15.9 Å². The van der Waals surface area contributed by atoms with Crippen LogP contribution in [0.5, 0.6) is 23.0 Å². The molecule has 21 heavy (non-hydrogen) atoms. The van der Waals surface area contributed by atoms with Gasteiger partial charge in [-0.2, -0.15) is 0 Å². The van der Waals surface area contributed by atoms with Gasteiger partial charge in [-0.15, -0.1) is 0 Å². The van der Waals surface area contributed by atoms with Crippen molar-refractivity contribution in [3.63, 3.8) is 0 Å². The van der Waals surface area contributed by atoms with E-state index in [0.29, 0.717) is 11.5 Å². The van der Waals surface area contributed by atoms with Crippen LogP contribution in [-0.4, -0.2) is 24.4 Å². The fourth-order valence-corrected chi connectivity index (χ4v) is 2.38. The molecule has 0 saturated heterocycles. The van der Waals surface area contributed by atoms with Crippen LogP contribution in [0.3, 0.4) is 0 Å². The van der Waals surface area contributed by atoms with Crippen molar-refractivity contribution in [3.05, 3.63) is 45.9 Å². The Kier molecular flexibility index (Phi) is 4.75. The average molecular weight is 351 g/mol. The van der Waals surface area contributed by atoms with Gasteiger partial charge in [0.2, 0.25) is 0 Å². The third-order valence-corrected chi connectivity index (χ3v) is 3.78. The van der Waals surface area contributed by atoms with Crippen LogP contribution >= 0.6 is 15.9 Å².